The third kappa shape index (κ3) is 9.19. The molecule has 1 atom stereocenters. The van der Waals surface area contributed by atoms with Gasteiger partial charge in [-0.1, -0.05) is 32.3 Å². The van der Waals surface area contributed by atoms with Crippen LogP contribution in [0.5, 0.6) is 0 Å². The molecule has 0 saturated heterocycles. The molecule has 2 N–H and O–H groups in total. The van der Waals surface area contributed by atoms with E-state index in [1.54, 1.807) is 6.08 Å². The van der Waals surface area contributed by atoms with Crippen molar-refractivity contribution in [1.82, 2.24) is 10.2 Å². The fourth-order valence-electron chi connectivity index (χ4n) is 1.86. The van der Waals surface area contributed by atoms with E-state index in [-0.39, 0.29) is 18.6 Å². The van der Waals surface area contributed by atoms with Crippen molar-refractivity contribution in [2.24, 2.45) is 0 Å². The summed E-state index contributed by atoms with van der Waals surface area (Å²) in [5.41, 5.74) is 0. The van der Waals surface area contributed by atoms with Gasteiger partial charge in [0.05, 0.1) is 13.2 Å². The van der Waals surface area contributed by atoms with Crippen LogP contribution in [0.15, 0.2) is 12.7 Å². The van der Waals surface area contributed by atoms with E-state index in [0.29, 0.717) is 19.6 Å². The molecule has 0 fully saturated rings. The lowest BCUT2D eigenvalue weighted by atomic mass is 10.1. The van der Waals surface area contributed by atoms with Crippen LogP contribution < -0.4 is 5.32 Å². The number of unbranched alkanes of at least 4 members (excludes halogenated alkanes) is 2. The maximum atomic E-state index is 11.8. The predicted octanol–water partition coefficient (Wildman–Crippen LogP) is 1.55. The minimum Gasteiger partial charge on any atom is -0.395 e. The fraction of sp³-hybridized carbons (Fsp3) is 0.786. The second-order valence-corrected chi connectivity index (χ2v) is 4.71. The van der Waals surface area contributed by atoms with E-state index < -0.39 is 0 Å². The minimum absolute atomic E-state index is 0.0225. The molecule has 0 saturated carbocycles. The Hall–Kier alpha value is -0.870. The standard InChI is InChI=1S/C14H28N2O2/c1-4-6-7-8-13(3)15-14(18)12-16(9-5-2)10-11-17/h5,13,17H,2,4,6-12H2,1,3H3,(H,15,18). The zero-order valence-corrected chi connectivity index (χ0v) is 11.8. The number of hydrogen-bond acceptors (Lipinski definition) is 3. The molecule has 0 aromatic carbocycles. The summed E-state index contributed by atoms with van der Waals surface area (Å²) in [5, 5.41) is 11.9. The maximum Gasteiger partial charge on any atom is 0.234 e. The molecule has 0 aliphatic heterocycles. The molecule has 0 rings (SSSR count). The summed E-state index contributed by atoms with van der Waals surface area (Å²) < 4.78 is 0. The van der Waals surface area contributed by atoms with Crippen LogP contribution in [0.25, 0.3) is 0 Å². The summed E-state index contributed by atoms with van der Waals surface area (Å²) in [6.07, 6.45) is 6.34. The van der Waals surface area contributed by atoms with Gasteiger partial charge in [0.15, 0.2) is 0 Å². The van der Waals surface area contributed by atoms with Crippen LogP contribution >= 0.6 is 0 Å². The minimum atomic E-state index is 0.0225. The second kappa shape index (κ2) is 11.2. The van der Waals surface area contributed by atoms with Crippen LogP contribution in [-0.2, 0) is 4.79 Å². The molecule has 0 heterocycles. The highest BCUT2D eigenvalue weighted by molar-refractivity contribution is 5.78. The third-order valence-electron chi connectivity index (χ3n) is 2.82. The van der Waals surface area contributed by atoms with Gasteiger partial charge in [0.1, 0.15) is 0 Å². The molecule has 0 bridgehead atoms. The fourth-order valence-corrected chi connectivity index (χ4v) is 1.86. The van der Waals surface area contributed by atoms with Crippen LogP contribution in [0.4, 0.5) is 0 Å². The van der Waals surface area contributed by atoms with E-state index in [2.05, 4.69) is 18.8 Å². The smallest absolute Gasteiger partial charge is 0.234 e. The Kier molecular flexibility index (Phi) is 10.7. The Morgan fingerprint density at radius 1 is 1.50 bits per heavy atom. The molecule has 0 aromatic rings. The summed E-state index contributed by atoms with van der Waals surface area (Å²) in [6, 6.07) is 0.226. The molecule has 0 spiro atoms. The van der Waals surface area contributed by atoms with Crippen molar-refractivity contribution < 1.29 is 9.90 Å². The second-order valence-electron chi connectivity index (χ2n) is 4.71. The number of carbonyl (C=O) groups is 1. The van der Waals surface area contributed by atoms with Gasteiger partial charge in [0, 0.05) is 19.1 Å². The van der Waals surface area contributed by atoms with Gasteiger partial charge in [0.2, 0.25) is 5.91 Å². The van der Waals surface area contributed by atoms with Gasteiger partial charge in [-0.3, -0.25) is 9.69 Å². The molecule has 4 nitrogen and oxygen atoms in total. The van der Waals surface area contributed by atoms with E-state index in [4.69, 9.17) is 5.11 Å². The lowest BCUT2D eigenvalue weighted by Gasteiger charge is -2.20. The highest BCUT2D eigenvalue weighted by atomic mass is 16.3. The summed E-state index contributed by atoms with van der Waals surface area (Å²) >= 11 is 0. The molecule has 4 heteroatoms. The largest absolute Gasteiger partial charge is 0.395 e. The van der Waals surface area contributed by atoms with Gasteiger partial charge in [-0.2, -0.15) is 0 Å². The van der Waals surface area contributed by atoms with E-state index in [1.165, 1.54) is 12.8 Å². The van der Waals surface area contributed by atoms with Gasteiger partial charge >= 0.3 is 0 Å². The molecular weight excluding hydrogens is 228 g/mol. The zero-order chi connectivity index (χ0) is 13.8. The molecule has 0 radical (unpaired) electrons. The monoisotopic (exact) mass is 256 g/mol. The Balaban J connectivity index is 3.87. The average molecular weight is 256 g/mol. The van der Waals surface area contributed by atoms with Gasteiger partial charge in [0.25, 0.3) is 0 Å². The molecule has 1 unspecified atom stereocenters. The zero-order valence-electron chi connectivity index (χ0n) is 11.8. The first-order valence-corrected chi connectivity index (χ1v) is 6.87. The third-order valence-corrected chi connectivity index (χ3v) is 2.82. The highest BCUT2D eigenvalue weighted by Crippen LogP contribution is 2.02. The summed E-state index contributed by atoms with van der Waals surface area (Å²) in [6.45, 7) is 9.37. The van der Waals surface area contributed by atoms with Gasteiger partial charge in [-0.15, -0.1) is 6.58 Å². The average Bonchev–Trinajstić information content (AvgIpc) is 2.29. The number of hydrogen-bond donors (Lipinski definition) is 2. The quantitative estimate of drug-likeness (QED) is 0.436. The molecule has 0 aromatic heterocycles. The van der Waals surface area contributed by atoms with Crippen molar-refractivity contribution in [3.63, 3.8) is 0 Å². The number of nitrogens with one attached hydrogen (secondary N) is 1. The molecule has 18 heavy (non-hydrogen) atoms. The topological polar surface area (TPSA) is 52.6 Å². The van der Waals surface area contributed by atoms with Crippen molar-refractivity contribution in [1.29, 1.82) is 0 Å². The Morgan fingerprint density at radius 3 is 2.78 bits per heavy atom. The first-order valence-electron chi connectivity index (χ1n) is 6.87. The number of nitrogens with zero attached hydrogens (tertiary/aromatic N) is 1. The van der Waals surface area contributed by atoms with Crippen molar-refractivity contribution in [2.45, 2.75) is 45.6 Å². The molecule has 0 aliphatic carbocycles. The normalized spacial score (nSPS) is 12.4. The summed E-state index contributed by atoms with van der Waals surface area (Å²) in [7, 11) is 0. The summed E-state index contributed by atoms with van der Waals surface area (Å²) in [5.74, 6) is 0.0225. The molecule has 1 amide bonds. The lowest BCUT2D eigenvalue weighted by Crippen LogP contribution is -2.42. The number of aliphatic hydroxyl groups excluding tert-OH is 1. The number of aliphatic hydroxyl groups is 1. The van der Waals surface area contributed by atoms with Gasteiger partial charge < -0.3 is 10.4 Å². The molecule has 106 valence electrons. The van der Waals surface area contributed by atoms with E-state index in [9.17, 15) is 4.79 Å². The van der Waals surface area contributed by atoms with E-state index in [1.807, 2.05) is 11.8 Å². The Labute approximate surface area is 111 Å². The van der Waals surface area contributed by atoms with Gasteiger partial charge in [-0.05, 0) is 13.3 Å². The van der Waals surface area contributed by atoms with Crippen LogP contribution in [0.2, 0.25) is 0 Å². The first kappa shape index (κ1) is 17.1. The maximum absolute atomic E-state index is 11.8. The van der Waals surface area contributed by atoms with Crippen LogP contribution in [0, 0.1) is 0 Å². The Morgan fingerprint density at radius 2 is 2.22 bits per heavy atom. The Bertz CT molecular complexity index is 232. The number of carbonyl (C=O) groups excluding carboxylic acids is 1. The van der Waals surface area contributed by atoms with Crippen molar-refractivity contribution in [3.8, 4) is 0 Å². The molecule has 0 aliphatic rings. The van der Waals surface area contributed by atoms with Gasteiger partial charge in [-0.25, -0.2) is 0 Å². The van der Waals surface area contributed by atoms with Crippen molar-refractivity contribution in [2.75, 3.05) is 26.2 Å². The highest BCUT2D eigenvalue weighted by Gasteiger charge is 2.11. The van der Waals surface area contributed by atoms with Crippen LogP contribution in [0.3, 0.4) is 0 Å². The SMILES string of the molecule is C=CCN(CCO)CC(=O)NC(C)CCCCC. The summed E-state index contributed by atoms with van der Waals surface area (Å²) in [4.78, 5) is 13.7. The first-order chi connectivity index (χ1) is 8.63. The van der Waals surface area contributed by atoms with E-state index in [0.717, 1.165) is 12.8 Å². The van der Waals surface area contributed by atoms with E-state index >= 15 is 0 Å². The number of rotatable bonds is 11. The van der Waals surface area contributed by atoms with Crippen molar-refractivity contribution >= 4 is 5.91 Å². The predicted molar refractivity (Wildman–Crippen MR) is 75.5 cm³/mol. The number of amides is 1. The van der Waals surface area contributed by atoms with Crippen LogP contribution in [0.1, 0.15) is 39.5 Å². The molecular formula is C14H28N2O2. The lowest BCUT2D eigenvalue weighted by molar-refractivity contribution is -0.122. The van der Waals surface area contributed by atoms with Crippen LogP contribution in [-0.4, -0.2) is 48.2 Å². The van der Waals surface area contributed by atoms with Crippen molar-refractivity contribution in [3.05, 3.63) is 12.7 Å².